The van der Waals surface area contributed by atoms with Gasteiger partial charge in [-0.2, -0.15) is 0 Å². The molecule has 27 heavy (non-hydrogen) atoms. The molecule has 0 aliphatic carbocycles. The van der Waals surface area contributed by atoms with Gasteiger partial charge in [0.15, 0.2) is 0 Å². The Morgan fingerprint density at radius 1 is 1.19 bits per heavy atom. The predicted octanol–water partition coefficient (Wildman–Crippen LogP) is 3.96. The fourth-order valence-electron chi connectivity index (χ4n) is 3.55. The fraction of sp³-hybridized carbons (Fsp3) is 0.409. The molecule has 1 saturated heterocycles. The monoisotopic (exact) mass is 368 g/mol. The summed E-state index contributed by atoms with van der Waals surface area (Å²) < 4.78 is 5.84. The summed E-state index contributed by atoms with van der Waals surface area (Å²) in [5.74, 6) is 1.51. The Hall–Kier alpha value is -2.37. The smallest absolute Gasteiger partial charge is 0.238 e. The van der Waals surface area contributed by atoms with Crippen molar-refractivity contribution in [3.05, 3.63) is 54.1 Å². The number of rotatable bonds is 7. The maximum Gasteiger partial charge on any atom is 0.238 e. The van der Waals surface area contributed by atoms with Gasteiger partial charge in [0.05, 0.1) is 6.54 Å². The standard InChI is InChI=1S/C22H28N2O3/c1-17-5-4-7-21(15-17)27-20-10-8-18(9-11-20)23-22(26)16-24-13-3-2-6-19(24)12-14-25/h4-5,7-11,15,19,25H,2-3,6,12-14,16H2,1H3,(H,23,26). The highest BCUT2D eigenvalue weighted by molar-refractivity contribution is 5.92. The van der Waals surface area contributed by atoms with E-state index < -0.39 is 0 Å². The van der Waals surface area contributed by atoms with Crippen molar-refractivity contribution < 1.29 is 14.6 Å². The molecule has 5 nitrogen and oxygen atoms in total. The van der Waals surface area contributed by atoms with Gasteiger partial charge in [0.2, 0.25) is 5.91 Å². The van der Waals surface area contributed by atoms with Crippen LogP contribution in [-0.4, -0.2) is 41.7 Å². The molecule has 1 unspecified atom stereocenters. The number of benzene rings is 2. The summed E-state index contributed by atoms with van der Waals surface area (Å²) in [6, 6.07) is 15.6. The minimum atomic E-state index is -0.0211. The molecular weight excluding hydrogens is 340 g/mol. The number of nitrogens with one attached hydrogen (secondary N) is 1. The number of nitrogens with zero attached hydrogens (tertiary/aromatic N) is 1. The predicted molar refractivity (Wildman–Crippen MR) is 107 cm³/mol. The summed E-state index contributed by atoms with van der Waals surface area (Å²) in [4.78, 5) is 14.6. The van der Waals surface area contributed by atoms with Crippen molar-refractivity contribution >= 4 is 11.6 Å². The summed E-state index contributed by atoms with van der Waals surface area (Å²) in [5, 5.41) is 12.2. The van der Waals surface area contributed by atoms with Gasteiger partial charge in [0.25, 0.3) is 0 Å². The Balaban J connectivity index is 1.53. The van der Waals surface area contributed by atoms with Crippen LogP contribution < -0.4 is 10.1 Å². The van der Waals surface area contributed by atoms with E-state index in [0.29, 0.717) is 12.6 Å². The van der Waals surface area contributed by atoms with E-state index in [2.05, 4.69) is 10.2 Å². The zero-order valence-corrected chi connectivity index (χ0v) is 15.9. The van der Waals surface area contributed by atoms with E-state index in [-0.39, 0.29) is 12.5 Å². The van der Waals surface area contributed by atoms with E-state index in [1.54, 1.807) is 0 Å². The maximum absolute atomic E-state index is 12.4. The van der Waals surface area contributed by atoms with Crippen LogP contribution in [0.2, 0.25) is 0 Å². The average molecular weight is 368 g/mol. The maximum atomic E-state index is 12.4. The highest BCUT2D eigenvalue weighted by Gasteiger charge is 2.23. The number of anilines is 1. The molecule has 1 aliphatic rings. The number of carbonyl (C=O) groups excluding carboxylic acids is 1. The lowest BCUT2D eigenvalue weighted by atomic mass is 10.00. The highest BCUT2D eigenvalue weighted by Crippen LogP contribution is 2.24. The third-order valence-corrected chi connectivity index (χ3v) is 4.92. The topological polar surface area (TPSA) is 61.8 Å². The number of carbonyl (C=O) groups is 1. The van der Waals surface area contributed by atoms with Gasteiger partial charge in [-0.1, -0.05) is 18.6 Å². The summed E-state index contributed by atoms with van der Waals surface area (Å²) in [6.45, 7) is 3.48. The van der Waals surface area contributed by atoms with E-state index in [1.807, 2.05) is 55.5 Å². The Labute approximate surface area is 161 Å². The number of amides is 1. The van der Waals surface area contributed by atoms with Crippen molar-refractivity contribution in [3.8, 4) is 11.5 Å². The molecule has 0 saturated carbocycles. The first kappa shape index (κ1) is 19.4. The third kappa shape index (κ3) is 5.81. The van der Waals surface area contributed by atoms with Gasteiger partial charge < -0.3 is 15.2 Å². The van der Waals surface area contributed by atoms with Crippen LogP contribution in [0, 0.1) is 6.92 Å². The van der Waals surface area contributed by atoms with Crippen LogP contribution in [0.3, 0.4) is 0 Å². The Kier molecular flexibility index (Phi) is 6.85. The zero-order valence-electron chi connectivity index (χ0n) is 15.9. The first-order valence-electron chi connectivity index (χ1n) is 9.63. The van der Waals surface area contributed by atoms with Crippen LogP contribution in [0.4, 0.5) is 5.69 Å². The molecule has 1 aliphatic heterocycles. The van der Waals surface area contributed by atoms with E-state index in [0.717, 1.165) is 48.6 Å². The summed E-state index contributed by atoms with van der Waals surface area (Å²) >= 11 is 0. The summed E-state index contributed by atoms with van der Waals surface area (Å²) in [7, 11) is 0. The molecule has 5 heteroatoms. The molecule has 0 radical (unpaired) electrons. The molecule has 0 bridgehead atoms. The normalized spacial score (nSPS) is 17.5. The molecule has 2 N–H and O–H groups in total. The van der Waals surface area contributed by atoms with Crippen molar-refractivity contribution in [1.29, 1.82) is 0 Å². The zero-order chi connectivity index (χ0) is 19.1. The van der Waals surface area contributed by atoms with E-state index in [4.69, 9.17) is 4.74 Å². The van der Waals surface area contributed by atoms with Crippen LogP contribution in [-0.2, 0) is 4.79 Å². The van der Waals surface area contributed by atoms with E-state index in [1.165, 1.54) is 6.42 Å². The number of aliphatic hydroxyl groups excluding tert-OH is 1. The van der Waals surface area contributed by atoms with Gasteiger partial charge in [-0.25, -0.2) is 0 Å². The number of hydrogen-bond acceptors (Lipinski definition) is 4. The molecule has 3 rings (SSSR count). The number of aryl methyl sites for hydroxylation is 1. The summed E-state index contributed by atoms with van der Waals surface area (Å²) in [5.41, 5.74) is 1.90. The number of aliphatic hydroxyl groups is 1. The van der Waals surface area contributed by atoms with E-state index >= 15 is 0 Å². The van der Waals surface area contributed by atoms with Gasteiger partial charge in [-0.05, 0) is 74.7 Å². The first-order valence-corrected chi connectivity index (χ1v) is 9.63. The van der Waals surface area contributed by atoms with Crippen molar-refractivity contribution in [2.24, 2.45) is 0 Å². The molecule has 2 aromatic rings. The molecule has 0 spiro atoms. The lowest BCUT2D eigenvalue weighted by molar-refractivity contribution is -0.118. The SMILES string of the molecule is Cc1cccc(Oc2ccc(NC(=O)CN3CCCCC3CCO)cc2)c1. The first-order chi connectivity index (χ1) is 13.1. The van der Waals surface area contributed by atoms with Crippen molar-refractivity contribution in [3.63, 3.8) is 0 Å². The Morgan fingerprint density at radius 3 is 2.74 bits per heavy atom. The second-order valence-corrected chi connectivity index (χ2v) is 7.12. The van der Waals surface area contributed by atoms with Gasteiger partial charge in [-0.15, -0.1) is 0 Å². The van der Waals surface area contributed by atoms with Gasteiger partial charge >= 0.3 is 0 Å². The fourth-order valence-corrected chi connectivity index (χ4v) is 3.55. The molecule has 144 valence electrons. The second-order valence-electron chi connectivity index (χ2n) is 7.12. The van der Waals surface area contributed by atoms with Crippen LogP contribution in [0.15, 0.2) is 48.5 Å². The molecule has 1 fully saturated rings. The molecule has 1 heterocycles. The summed E-state index contributed by atoms with van der Waals surface area (Å²) in [6.07, 6.45) is 4.07. The van der Waals surface area contributed by atoms with Crippen LogP contribution >= 0.6 is 0 Å². The van der Waals surface area contributed by atoms with E-state index in [9.17, 15) is 9.90 Å². The van der Waals surface area contributed by atoms with Crippen LogP contribution in [0.5, 0.6) is 11.5 Å². The lowest BCUT2D eigenvalue weighted by Crippen LogP contribution is -2.44. The molecule has 0 aromatic heterocycles. The Bertz CT molecular complexity index is 743. The minimum absolute atomic E-state index is 0.0211. The minimum Gasteiger partial charge on any atom is -0.457 e. The number of ether oxygens (including phenoxy) is 1. The largest absolute Gasteiger partial charge is 0.457 e. The lowest BCUT2D eigenvalue weighted by Gasteiger charge is -2.34. The molecule has 1 atom stereocenters. The number of likely N-dealkylation sites (tertiary alicyclic amines) is 1. The third-order valence-electron chi connectivity index (χ3n) is 4.92. The van der Waals surface area contributed by atoms with Crippen molar-refractivity contribution in [2.75, 3.05) is 25.0 Å². The van der Waals surface area contributed by atoms with Gasteiger partial charge in [0.1, 0.15) is 11.5 Å². The van der Waals surface area contributed by atoms with Crippen LogP contribution in [0.1, 0.15) is 31.2 Å². The second kappa shape index (κ2) is 9.53. The van der Waals surface area contributed by atoms with Crippen LogP contribution in [0.25, 0.3) is 0 Å². The molecule has 1 amide bonds. The Morgan fingerprint density at radius 2 is 2.00 bits per heavy atom. The van der Waals surface area contributed by atoms with Crippen molar-refractivity contribution in [2.45, 2.75) is 38.6 Å². The quantitative estimate of drug-likeness (QED) is 0.776. The highest BCUT2D eigenvalue weighted by atomic mass is 16.5. The number of hydrogen-bond donors (Lipinski definition) is 2. The molecule has 2 aromatic carbocycles. The van der Waals surface area contributed by atoms with Crippen molar-refractivity contribution in [1.82, 2.24) is 4.90 Å². The average Bonchev–Trinajstić information content (AvgIpc) is 2.65. The molecular formula is C22H28N2O3. The van der Waals surface area contributed by atoms with Gasteiger partial charge in [-0.3, -0.25) is 9.69 Å². The van der Waals surface area contributed by atoms with Gasteiger partial charge in [0, 0.05) is 18.3 Å². The number of piperidine rings is 1.